The third-order valence-electron chi connectivity index (χ3n) is 6.02. The molecule has 1 atom stereocenters. The molecular weight excluding hydrogens is 448 g/mol. The molecule has 2 heterocycles. The molecule has 0 spiro atoms. The van der Waals surface area contributed by atoms with E-state index in [0.29, 0.717) is 16.9 Å². The summed E-state index contributed by atoms with van der Waals surface area (Å²) >= 11 is 6.25. The van der Waals surface area contributed by atoms with E-state index in [-0.39, 0.29) is 6.04 Å². The summed E-state index contributed by atoms with van der Waals surface area (Å²) in [5.41, 5.74) is 5.73. The topological polar surface area (TPSA) is 83.7 Å². The lowest BCUT2D eigenvalue weighted by Crippen LogP contribution is -2.28. The number of aromatic amines is 1. The molecule has 0 fully saturated rings. The van der Waals surface area contributed by atoms with Crippen LogP contribution in [0.2, 0.25) is 5.02 Å². The molecule has 0 aliphatic heterocycles. The van der Waals surface area contributed by atoms with E-state index in [1.165, 1.54) is 5.56 Å². The van der Waals surface area contributed by atoms with Gasteiger partial charge in [-0.15, -0.1) is 10.2 Å². The minimum absolute atomic E-state index is 0.0931. The van der Waals surface area contributed by atoms with Crippen LogP contribution in [0.3, 0.4) is 0 Å². The summed E-state index contributed by atoms with van der Waals surface area (Å²) in [6.07, 6.45) is 2.15. The molecule has 0 radical (unpaired) electrons. The van der Waals surface area contributed by atoms with E-state index >= 15 is 0 Å². The van der Waals surface area contributed by atoms with Gasteiger partial charge in [-0.2, -0.15) is 10.2 Å². The second-order valence-corrected chi connectivity index (χ2v) is 8.67. The Morgan fingerprint density at radius 2 is 1.85 bits per heavy atom. The molecule has 0 saturated carbocycles. The Kier molecular flexibility index (Phi) is 6.27. The van der Waals surface area contributed by atoms with Crippen molar-refractivity contribution in [1.29, 1.82) is 0 Å². The fraction of sp³-hybridized carbons (Fsp3) is 0.231. The van der Waals surface area contributed by atoms with Crippen LogP contribution in [0.25, 0.3) is 33.6 Å². The predicted molar refractivity (Wildman–Crippen MR) is 135 cm³/mol. The molecule has 0 aliphatic carbocycles. The van der Waals surface area contributed by atoms with E-state index in [1.54, 1.807) is 0 Å². The number of aromatic nitrogens is 5. The maximum Gasteiger partial charge on any atom is 0.298 e. The lowest BCUT2D eigenvalue weighted by Gasteiger charge is -2.28. The van der Waals surface area contributed by atoms with Crippen molar-refractivity contribution in [3.05, 3.63) is 77.3 Å². The summed E-state index contributed by atoms with van der Waals surface area (Å²) < 4.78 is 6.11. The van der Waals surface area contributed by atoms with E-state index in [4.69, 9.17) is 21.0 Å². The molecule has 2 aromatic heterocycles. The van der Waals surface area contributed by atoms with E-state index < -0.39 is 0 Å². The maximum absolute atomic E-state index is 6.25. The third-order valence-corrected chi connectivity index (χ3v) is 6.26. The number of hydrogen-bond donors (Lipinski definition) is 1. The normalized spacial score (nSPS) is 12.2. The molecule has 0 aliphatic rings. The second kappa shape index (κ2) is 9.65. The quantitative estimate of drug-likeness (QED) is 0.270. The molecule has 0 amide bonds. The van der Waals surface area contributed by atoms with Crippen LogP contribution in [0.1, 0.15) is 38.3 Å². The van der Waals surface area contributed by atoms with Gasteiger partial charge in [0.05, 0.1) is 6.04 Å². The zero-order valence-corrected chi connectivity index (χ0v) is 19.8. The van der Waals surface area contributed by atoms with Gasteiger partial charge in [0.2, 0.25) is 5.82 Å². The first-order valence-corrected chi connectivity index (χ1v) is 11.8. The molecule has 0 unspecified atom stereocenters. The van der Waals surface area contributed by atoms with Crippen LogP contribution in [-0.4, -0.2) is 32.2 Å². The van der Waals surface area contributed by atoms with E-state index in [9.17, 15) is 0 Å². The van der Waals surface area contributed by atoms with Crippen LogP contribution in [0.5, 0.6) is 0 Å². The Hall–Kier alpha value is -3.71. The molecule has 8 heteroatoms. The number of benzene rings is 3. The Balaban J connectivity index is 1.46. The van der Waals surface area contributed by atoms with Crippen molar-refractivity contribution in [3.8, 4) is 22.5 Å². The lowest BCUT2D eigenvalue weighted by molar-refractivity contribution is 0.524. The average molecular weight is 473 g/mol. The molecular formula is C26H25ClN6O. The number of fused-ring (bicyclic) bond motifs is 1. The van der Waals surface area contributed by atoms with Gasteiger partial charge in [0.15, 0.2) is 5.58 Å². The number of tetrazole rings is 1. The molecule has 0 saturated heterocycles. The molecule has 5 rings (SSSR count). The van der Waals surface area contributed by atoms with Crippen molar-refractivity contribution in [3.63, 3.8) is 0 Å². The second-order valence-electron chi connectivity index (χ2n) is 8.23. The van der Waals surface area contributed by atoms with Gasteiger partial charge >= 0.3 is 0 Å². The molecule has 1 N–H and O–H groups in total. The Morgan fingerprint density at radius 1 is 1.03 bits per heavy atom. The van der Waals surface area contributed by atoms with Crippen LogP contribution in [-0.2, 0) is 0 Å². The van der Waals surface area contributed by atoms with Crippen LogP contribution >= 0.6 is 11.6 Å². The number of halogens is 1. The largest absolute Gasteiger partial charge is 0.423 e. The minimum Gasteiger partial charge on any atom is -0.423 e. The van der Waals surface area contributed by atoms with Crippen molar-refractivity contribution in [1.82, 2.24) is 25.6 Å². The van der Waals surface area contributed by atoms with Gasteiger partial charge in [-0.25, -0.2) is 0 Å². The van der Waals surface area contributed by atoms with Gasteiger partial charge in [-0.1, -0.05) is 67.4 Å². The van der Waals surface area contributed by atoms with E-state index in [2.05, 4.69) is 63.6 Å². The van der Waals surface area contributed by atoms with Crippen molar-refractivity contribution in [2.24, 2.45) is 0 Å². The van der Waals surface area contributed by atoms with E-state index in [1.807, 2.05) is 42.5 Å². The molecule has 5 aromatic rings. The maximum atomic E-state index is 6.25. The van der Waals surface area contributed by atoms with Crippen LogP contribution in [0.15, 0.2) is 71.1 Å². The lowest BCUT2D eigenvalue weighted by atomic mass is 9.96. The third kappa shape index (κ3) is 4.39. The Labute approximate surface area is 202 Å². The Morgan fingerprint density at radius 3 is 2.59 bits per heavy atom. The van der Waals surface area contributed by atoms with Crippen molar-refractivity contribution < 1.29 is 4.42 Å². The smallest absolute Gasteiger partial charge is 0.298 e. The van der Waals surface area contributed by atoms with Gasteiger partial charge in [-0.3, -0.25) is 0 Å². The summed E-state index contributed by atoms with van der Waals surface area (Å²) in [6, 6.07) is 22.9. The van der Waals surface area contributed by atoms with E-state index in [0.717, 1.165) is 47.2 Å². The van der Waals surface area contributed by atoms with Gasteiger partial charge in [0.1, 0.15) is 5.52 Å². The number of H-pyrrole nitrogens is 1. The van der Waals surface area contributed by atoms with Gasteiger partial charge in [0, 0.05) is 17.1 Å². The first-order valence-electron chi connectivity index (χ1n) is 11.4. The number of unbranched alkanes of at least 4 members (excludes halogenated alkanes) is 1. The average Bonchev–Trinajstić information content (AvgIpc) is 3.54. The number of nitrogens with zero attached hydrogens (tertiary/aromatic N) is 5. The van der Waals surface area contributed by atoms with Crippen molar-refractivity contribution in [2.45, 2.75) is 32.7 Å². The summed E-state index contributed by atoms with van der Waals surface area (Å²) in [5.74, 6) is 0.511. The minimum atomic E-state index is 0.0931. The number of nitrogens with one attached hydrogen (secondary N) is 1. The van der Waals surface area contributed by atoms with Crippen LogP contribution in [0.4, 0.5) is 6.01 Å². The molecule has 34 heavy (non-hydrogen) atoms. The SMILES string of the molecule is CCCCN(c1nc2ccccc2o1)[C@H](C)c1ccc(-c2ccc(Cl)cc2-c2nn[nH]n2)cc1. The standard InChI is InChI=1S/C26H25ClN6O/c1-3-4-15-33(26-28-23-7-5-6-8-24(23)34-26)17(2)18-9-11-19(12-10-18)21-14-13-20(27)16-22(21)25-29-31-32-30-25/h5-14,16-17H,3-4,15H2,1-2H3,(H,29,30,31,32)/t17-/m1/s1. The Bertz CT molecular complexity index is 1350. The highest BCUT2D eigenvalue weighted by Gasteiger charge is 2.21. The predicted octanol–water partition coefficient (Wildman–Crippen LogP) is 6.70. The molecule has 7 nitrogen and oxygen atoms in total. The first kappa shape index (κ1) is 22.1. The summed E-state index contributed by atoms with van der Waals surface area (Å²) in [6.45, 7) is 5.25. The van der Waals surface area contributed by atoms with Crippen molar-refractivity contribution in [2.75, 3.05) is 11.4 Å². The molecule has 172 valence electrons. The summed E-state index contributed by atoms with van der Waals surface area (Å²) in [5, 5.41) is 15.1. The number of rotatable bonds is 8. The monoisotopic (exact) mass is 472 g/mol. The highest BCUT2D eigenvalue weighted by atomic mass is 35.5. The van der Waals surface area contributed by atoms with Gasteiger partial charge in [-0.05, 0) is 59.5 Å². The zero-order valence-electron chi connectivity index (χ0n) is 19.1. The van der Waals surface area contributed by atoms with Gasteiger partial charge < -0.3 is 9.32 Å². The highest BCUT2D eigenvalue weighted by molar-refractivity contribution is 6.31. The van der Waals surface area contributed by atoms with Crippen molar-refractivity contribution >= 4 is 28.7 Å². The number of oxazole rings is 1. The molecule has 3 aromatic carbocycles. The summed E-state index contributed by atoms with van der Waals surface area (Å²) in [7, 11) is 0. The summed E-state index contributed by atoms with van der Waals surface area (Å²) in [4.78, 5) is 6.99. The number of para-hydroxylation sites is 2. The highest BCUT2D eigenvalue weighted by Crippen LogP contribution is 2.34. The first-order chi connectivity index (χ1) is 16.6. The number of anilines is 1. The molecule has 0 bridgehead atoms. The van der Waals surface area contributed by atoms with Crippen LogP contribution in [0, 0.1) is 0 Å². The fourth-order valence-electron chi connectivity index (χ4n) is 4.12. The van der Waals surface area contributed by atoms with Gasteiger partial charge in [0.25, 0.3) is 6.01 Å². The van der Waals surface area contributed by atoms with Crippen LogP contribution < -0.4 is 4.90 Å². The zero-order chi connectivity index (χ0) is 23.5. The number of hydrogen-bond acceptors (Lipinski definition) is 6. The fourth-order valence-corrected chi connectivity index (χ4v) is 4.29.